The number of amides is 1. The van der Waals surface area contributed by atoms with Crippen molar-refractivity contribution in [1.82, 2.24) is 9.80 Å². The van der Waals surface area contributed by atoms with Gasteiger partial charge in [0.2, 0.25) is 5.91 Å². The fraction of sp³-hybridized carbons (Fsp3) is 0.500. The van der Waals surface area contributed by atoms with Crippen molar-refractivity contribution in [3.63, 3.8) is 0 Å². The third-order valence-corrected chi connectivity index (χ3v) is 6.95. The maximum absolute atomic E-state index is 13.5. The van der Waals surface area contributed by atoms with Crippen LogP contribution < -0.4 is 4.74 Å². The summed E-state index contributed by atoms with van der Waals surface area (Å²) in [5, 5.41) is 12.5. The highest BCUT2D eigenvalue weighted by Crippen LogP contribution is 2.34. The van der Waals surface area contributed by atoms with Crippen molar-refractivity contribution >= 4 is 17.2 Å². The van der Waals surface area contributed by atoms with E-state index < -0.39 is 6.10 Å². The molecule has 1 N–H and O–H groups in total. The van der Waals surface area contributed by atoms with Crippen LogP contribution in [0.5, 0.6) is 5.75 Å². The maximum Gasteiger partial charge on any atom is 0.237 e. The lowest BCUT2D eigenvalue weighted by atomic mass is 10.0. The van der Waals surface area contributed by atoms with Crippen LogP contribution in [0.1, 0.15) is 34.9 Å². The molecule has 3 rings (SSSR count). The van der Waals surface area contributed by atoms with E-state index in [9.17, 15) is 9.90 Å². The molecule has 33 heavy (non-hydrogen) atoms. The van der Waals surface area contributed by atoms with Gasteiger partial charge in [0, 0.05) is 31.6 Å². The van der Waals surface area contributed by atoms with Crippen LogP contribution in [0, 0.1) is 6.92 Å². The van der Waals surface area contributed by atoms with E-state index in [0.29, 0.717) is 39.3 Å². The number of aliphatic hydroxyl groups excluding tert-OH is 1. The fourth-order valence-electron chi connectivity index (χ4n) is 4.19. The molecule has 2 heterocycles. The second-order valence-corrected chi connectivity index (χ2v) is 9.53. The van der Waals surface area contributed by atoms with E-state index in [1.807, 2.05) is 41.0 Å². The Hall–Kier alpha value is -2.19. The monoisotopic (exact) mass is 472 g/mol. The van der Waals surface area contributed by atoms with Crippen molar-refractivity contribution < 1.29 is 19.4 Å². The van der Waals surface area contributed by atoms with Crippen LogP contribution >= 0.6 is 11.3 Å². The van der Waals surface area contributed by atoms with Crippen LogP contribution in [0.15, 0.2) is 48.4 Å². The first kappa shape index (κ1) is 25.4. The molecule has 0 aliphatic carbocycles. The molecule has 0 radical (unpaired) electrons. The Balaban J connectivity index is 1.70. The number of thiophene rings is 1. The van der Waals surface area contributed by atoms with Gasteiger partial charge < -0.3 is 19.5 Å². The number of rotatable bonds is 13. The zero-order chi connectivity index (χ0) is 23.6. The predicted molar refractivity (Wildman–Crippen MR) is 133 cm³/mol. The molecule has 0 spiro atoms. The first-order valence-corrected chi connectivity index (χ1v) is 12.4. The van der Waals surface area contributed by atoms with Crippen molar-refractivity contribution in [2.45, 2.75) is 38.3 Å². The van der Waals surface area contributed by atoms with Gasteiger partial charge in [-0.1, -0.05) is 18.2 Å². The summed E-state index contributed by atoms with van der Waals surface area (Å²) in [6.07, 6.45) is 3.55. The van der Waals surface area contributed by atoms with Gasteiger partial charge in [0.15, 0.2) is 0 Å². The molecule has 0 unspecified atom stereocenters. The fourth-order valence-corrected chi connectivity index (χ4v) is 5.12. The lowest BCUT2D eigenvalue weighted by Gasteiger charge is -2.37. The number of allylic oxidation sites excluding steroid dienone is 1. The number of hydrogen-bond acceptors (Lipinski definition) is 6. The minimum Gasteiger partial charge on any atom is -0.491 e. The van der Waals surface area contributed by atoms with Crippen molar-refractivity contribution in [3.8, 4) is 5.75 Å². The van der Waals surface area contributed by atoms with E-state index in [-0.39, 0.29) is 18.5 Å². The molecule has 1 aromatic heterocycles. The summed E-state index contributed by atoms with van der Waals surface area (Å²) in [7, 11) is 1.65. The molecular formula is C26H36N2O4S. The van der Waals surface area contributed by atoms with E-state index in [4.69, 9.17) is 9.47 Å². The minimum atomic E-state index is -0.502. The molecule has 0 fully saturated rings. The number of benzene rings is 1. The van der Waals surface area contributed by atoms with E-state index in [2.05, 4.69) is 18.0 Å². The zero-order valence-corrected chi connectivity index (χ0v) is 20.6. The highest BCUT2D eigenvalue weighted by molar-refractivity contribution is 7.10. The molecule has 1 aliphatic heterocycles. The van der Waals surface area contributed by atoms with Crippen molar-refractivity contribution in [3.05, 3.63) is 64.4 Å². The van der Waals surface area contributed by atoms with Crippen LogP contribution in [-0.4, -0.2) is 73.4 Å². The SMILES string of the molecule is C=CCC[C@H](O)CN(CCOC)CC(=O)N1CCc2sccc2[C@H]1COc1cccc(C)c1. The van der Waals surface area contributed by atoms with Crippen molar-refractivity contribution in [2.75, 3.05) is 46.5 Å². The lowest BCUT2D eigenvalue weighted by molar-refractivity contribution is -0.136. The van der Waals surface area contributed by atoms with Crippen LogP contribution in [0.25, 0.3) is 0 Å². The standard InChI is InChI=1S/C26H36N2O4S/c1-4-5-8-21(29)17-27(13-14-31-3)18-26(30)28-12-10-25-23(11-15-33-25)24(28)19-32-22-9-6-7-20(2)16-22/h4,6-7,9,11,15-16,21,24,29H,1,5,8,10,12-14,17-19H2,2-3H3/t21-,24+/m0/s1. The van der Waals surface area contributed by atoms with Crippen LogP contribution in [0.3, 0.4) is 0 Å². The van der Waals surface area contributed by atoms with E-state index in [0.717, 1.165) is 24.2 Å². The van der Waals surface area contributed by atoms with Gasteiger partial charge in [-0.25, -0.2) is 0 Å². The smallest absolute Gasteiger partial charge is 0.237 e. The third-order valence-electron chi connectivity index (χ3n) is 5.96. The van der Waals surface area contributed by atoms with Crippen LogP contribution in [-0.2, 0) is 16.0 Å². The summed E-state index contributed by atoms with van der Waals surface area (Å²) in [5.41, 5.74) is 2.32. The Kier molecular flexibility index (Phi) is 9.94. The van der Waals surface area contributed by atoms with Gasteiger partial charge >= 0.3 is 0 Å². The summed E-state index contributed by atoms with van der Waals surface area (Å²) in [4.78, 5) is 18.7. The van der Waals surface area contributed by atoms with Gasteiger partial charge in [-0.05, 0) is 60.9 Å². The third kappa shape index (κ3) is 7.40. The average molecular weight is 473 g/mol. The summed E-state index contributed by atoms with van der Waals surface area (Å²) < 4.78 is 11.4. The van der Waals surface area contributed by atoms with Gasteiger partial charge in [-0.15, -0.1) is 17.9 Å². The highest BCUT2D eigenvalue weighted by atomic mass is 32.1. The molecule has 2 atom stereocenters. The molecule has 7 heteroatoms. The maximum atomic E-state index is 13.5. The molecule has 6 nitrogen and oxygen atoms in total. The number of hydrogen-bond donors (Lipinski definition) is 1. The summed E-state index contributed by atoms with van der Waals surface area (Å²) in [6, 6.07) is 9.98. The molecule has 0 bridgehead atoms. The number of carbonyl (C=O) groups is 1. The number of nitrogens with zero attached hydrogens (tertiary/aromatic N) is 2. The number of carbonyl (C=O) groups excluding carboxylic acids is 1. The molecule has 2 aromatic rings. The van der Waals surface area contributed by atoms with Crippen LogP contribution in [0.4, 0.5) is 0 Å². The van der Waals surface area contributed by atoms with E-state index in [1.165, 1.54) is 10.4 Å². The Morgan fingerprint density at radius 1 is 1.42 bits per heavy atom. The van der Waals surface area contributed by atoms with Gasteiger partial charge in [0.1, 0.15) is 12.4 Å². The first-order chi connectivity index (χ1) is 16.0. The van der Waals surface area contributed by atoms with Gasteiger partial charge in [0.05, 0.1) is 25.3 Å². The number of aliphatic hydroxyl groups is 1. The second kappa shape index (κ2) is 12.9. The second-order valence-electron chi connectivity index (χ2n) is 8.53. The van der Waals surface area contributed by atoms with Crippen molar-refractivity contribution in [1.29, 1.82) is 0 Å². The van der Waals surface area contributed by atoms with E-state index in [1.54, 1.807) is 24.5 Å². The molecule has 180 valence electrons. The molecule has 0 saturated carbocycles. The molecular weight excluding hydrogens is 436 g/mol. The Labute approximate surface area is 201 Å². The van der Waals surface area contributed by atoms with Gasteiger partial charge in [-0.3, -0.25) is 9.69 Å². The number of methoxy groups -OCH3 is 1. The van der Waals surface area contributed by atoms with Crippen LogP contribution in [0.2, 0.25) is 0 Å². The number of fused-ring (bicyclic) bond motifs is 1. The predicted octanol–water partition coefficient (Wildman–Crippen LogP) is 3.84. The molecule has 1 aromatic carbocycles. The quantitative estimate of drug-likeness (QED) is 0.449. The van der Waals surface area contributed by atoms with E-state index >= 15 is 0 Å². The number of ether oxygens (including phenoxy) is 2. The van der Waals surface area contributed by atoms with Crippen molar-refractivity contribution in [2.24, 2.45) is 0 Å². The van der Waals surface area contributed by atoms with Gasteiger partial charge in [0.25, 0.3) is 0 Å². The summed E-state index contributed by atoms with van der Waals surface area (Å²) in [5.74, 6) is 0.869. The zero-order valence-electron chi connectivity index (χ0n) is 19.7. The Morgan fingerprint density at radius 2 is 2.27 bits per heavy atom. The number of aryl methyl sites for hydroxylation is 1. The largest absolute Gasteiger partial charge is 0.491 e. The highest BCUT2D eigenvalue weighted by Gasteiger charge is 2.33. The molecule has 1 aliphatic rings. The van der Waals surface area contributed by atoms with Gasteiger partial charge in [-0.2, -0.15) is 0 Å². The summed E-state index contributed by atoms with van der Waals surface area (Å²) in [6.45, 7) is 8.63. The Morgan fingerprint density at radius 3 is 3.03 bits per heavy atom. The first-order valence-electron chi connectivity index (χ1n) is 11.6. The topological polar surface area (TPSA) is 62.2 Å². The minimum absolute atomic E-state index is 0.0525. The summed E-state index contributed by atoms with van der Waals surface area (Å²) >= 11 is 1.75. The molecule has 1 amide bonds. The average Bonchev–Trinajstić information content (AvgIpc) is 3.28. The Bertz CT molecular complexity index is 900. The lowest BCUT2D eigenvalue weighted by Crippen LogP contribution is -2.48. The molecule has 0 saturated heterocycles. The normalized spacial score (nSPS) is 16.5.